The Hall–Kier alpha value is -1.49. The number of methoxy groups -OCH3 is 1. The van der Waals surface area contributed by atoms with E-state index in [-0.39, 0.29) is 17.4 Å². The maximum atomic E-state index is 14.2. The lowest BCUT2D eigenvalue weighted by molar-refractivity contribution is -0.148. The topological polar surface area (TPSA) is 29.5 Å². The van der Waals surface area contributed by atoms with E-state index in [1.54, 1.807) is 0 Å². The van der Waals surface area contributed by atoms with E-state index < -0.39 is 17.6 Å². The Balaban J connectivity index is 2.37. The molecule has 1 saturated heterocycles. The zero-order chi connectivity index (χ0) is 16.5. The zero-order valence-corrected chi connectivity index (χ0v) is 13.5. The summed E-state index contributed by atoms with van der Waals surface area (Å²) in [5.74, 6) is -2.28. The summed E-state index contributed by atoms with van der Waals surface area (Å²) in [6, 6.07) is 3.56. The molecular weight excluding hydrogens is 288 g/mol. The van der Waals surface area contributed by atoms with E-state index in [1.165, 1.54) is 19.2 Å². The zero-order valence-electron chi connectivity index (χ0n) is 13.5. The summed E-state index contributed by atoms with van der Waals surface area (Å²) in [5, 5.41) is 0. The number of rotatable bonds is 2. The molecule has 0 N–H and O–H groups in total. The van der Waals surface area contributed by atoms with Crippen molar-refractivity contribution in [1.29, 1.82) is 0 Å². The molecule has 0 spiro atoms. The number of halogens is 2. The van der Waals surface area contributed by atoms with E-state index in [9.17, 15) is 13.6 Å². The van der Waals surface area contributed by atoms with E-state index in [4.69, 9.17) is 4.74 Å². The fourth-order valence-corrected chi connectivity index (χ4v) is 3.11. The molecule has 1 heterocycles. The molecule has 0 bridgehead atoms. The molecule has 22 heavy (non-hydrogen) atoms. The number of likely N-dealkylation sites (tertiary alicyclic amines) is 1. The number of carbonyl (C=O) groups is 1. The molecule has 122 valence electrons. The third kappa shape index (κ3) is 3.46. The van der Waals surface area contributed by atoms with Crippen molar-refractivity contribution in [1.82, 2.24) is 4.90 Å². The van der Waals surface area contributed by atoms with Gasteiger partial charge in [-0.15, -0.1) is 0 Å². The molecule has 0 saturated carbocycles. The fraction of sp³-hybridized carbons (Fsp3) is 0.588. The van der Waals surface area contributed by atoms with Crippen molar-refractivity contribution in [3.63, 3.8) is 0 Å². The van der Waals surface area contributed by atoms with E-state index in [2.05, 4.69) is 25.7 Å². The molecule has 3 nitrogen and oxygen atoms in total. The van der Waals surface area contributed by atoms with E-state index in [0.29, 0.717) is 18.5 Å². The molecule has 1 aromatic carbocycles. The van der Waals surface area contributed by atoms with Gasteiger partial charge in [-0.25, -0.2) is 8.78 Å². The van der Waals surface area contributed by atoms with Crippen molar-refractivity contribution in [2.75, 3.05) is 20.2 Å². The van der Waals surface area contributed by atoms with Gasteiger partial charge in [0.15, 0.2) is 0 Å². The summed E-state index contributed by atoms with van der Waals surface area (Å²) >= 11 is 0. The Labute approximate surface area is 130 Å². The smallest absolute Gasteiger partial charge is 0.309 e. The van der Waals surface area contributed by atoms with Gasteiger partial charge in [0.05, 0.1) is 13.0 Å². The number of ether oxygens (including phenoxy) is 1. The molecule has 2 atom stereocenters. The standard InChI is InChI=1S/C17H23F2NO2/c1-17(2,3)20-8-7-13(16(21)22-4)14(10-20)12-6-5-11(18)9-15(12)19/h5-6,9,13-14H,7-8,10H2,1-4H3/t13-,14+/m1/s1. The molecule has 1 aliphatic rings. The highest BCUT2D eigenvalue weighted by molar-refractivity contribution is 5.74. The van der Waals surface area contributed by atoms with Gasteiger partial charge in [-0.2, -0.15) is 0 Å². The number of carbonyl (C=O) groups excluding carboxylic acids is 1. The van der Waals surface area contributed by atoms with Crippen LogP contribution < -0.4 is 0 Å². The predicted molar refractivity (Wildman–Crippen MR) is 80.5 cm³/mol. The SMILES string of the molecule is COC(=O)[C@@H]1CCN(C(C)(C)C)C[C@H]1c1ccc(F)cc1F. The maximum absolute atomic E-state index is 14.2. The van der Waals surface area contributed by atoms with Crippen molar-refractivity contribution in [2.45, 2.75) is 38.6 Å². The van der Waals surface area contributed by atoms with Crippen molar-refractivity contribution in [3.05, 3.63) is 35.4 Å². The molecule has 1 aliphatic heterocycles. The highest BCUT2D eigenvalue weighted by Crippen LogP contribution is 2.37. The van der Waals surface area contributed by atoms with Gasteiger partial charge in [0.2, 0.25) is 0 Å². The van der Waals surface area contributed by atoms with Crippen molar-refractivity contribution in [3.8, 4) is 0 Å². The third-order valence-electron chi connectivity index (χ3n) is 4.43. The summed E-state index contributed by atoms with van der Waals surface area (Å²) < 4.78 is 32.2. The second-order valence-electron chi connectivity index (χ2n) is 6.81. The van der Waals surface area contributed by atoms with E-state index in [1.807, 2.05) is 0 Å². The van der Waals surface area contributed by atoms with Gasteiger partial charge in [-0.3, -0.25) is 9.69 Å². The lowest BCUT2D eigenvalue weighted by atomic mass is 9.79. The second kappa shape index (κ2) is 6.32. The van der Waals surface area contributed by atoms with Crippen LogP contribution in [0, 0.1) is 17.6 Å². The fourth-order valence-electron chi connectivity index (χ4n) is 3.11. The van der Waals surface area contributed by atoms with Crippen LogP contribution in [0.5, 0.6) is 0 Å². The Morgan fingerprint density at radius 2 is 2.00 bits per heavy atom. The lowest BCUT2D eigenvalue weighted by Gasteiger charge is -2.44. The first kappa shape index (κ1) is 16.9. The summed E-state index contributed by atoms with van der Waals surface area (Å²) in [6.07, 6.45) is 0.603. The Morgan fingerprint density at radius 1 is 1.32 bits per heavy atom. The number of benzene rings is 1. The van der Waals surface area contributed by atoms with Gasteiger partial charge >= 0.3 is 5.97 Å². The Kier molecular flexibility index (Phi) is 4.85. The Morgan fingerprint density at radius 3 is 2.55 bits per heavy atom. The number of nitrogens with zero attached hydrogens (tertiary/aromatic N) is 1. The van der Waals surface area contributed by atoms with Crippen LogP contribution in [0.25, 0.3) is 0 Å². The highest BCUT2D eigenvalue weighted by Gasteiger charge is 2.39. The number of piperidine rings is 1. The van der Waals surface area contributed by atoms with Gasteiger partial charge in [-0.1, -0.05) is 6.07 Å². The van der Waals surface area contributed by atoms with Crippen molar-refractivity contribution in [2.24, 2.45) is 5.92 Å². The van der Waals surface area contributed by atoms with E-state index >= 15 is 0 Å². The van der Waals surface area contributed by atoms with Crippen LogP contribution >= 0.6 is 0 Å². The van der Waals surface area contributed by atoms with Crippen LogP contribution in [0.3, 0.4) is 0 Å². The molecule has 0 amide bonds. The van der Waals surface area contributed by atoms with Gasteiger partial charge < -0.3 is 4.74 Å². The number of hydrogen-bond acceptors (Lipinski definition) is 3. The van der Waals surface area contributed by atoms with Crippen LogP contribution in [0.15, 0.2) is 18.2 Å². The van der Waals surface area contributed by atoms with Gasteiger partial charge in [0.1, 0.15) is 11.6 Å². The van der Waals surface area contributed by atoms with Gasteiger partial charge in [0.25, 0.3) is 0 Å². The first-order valence-electron chi connectivity index (χ1n) is 7.52. The summed E-state index contributed by atoms with van der Waals surface area (Å²) in [6.45, 7) is 7.56. The molecule has 1 fully saturated rings. The average molecular weight is 311 g/mol. The molecule has 5 heteroatoms. The molecular formula is C17H23F2NO2. The van der Waals surface area contributed by atoms with Gasteiger partial charge in [-0.05, 0) is 45.4 Å². The van der Waals surface area contributed by atoms with Crippen LogP contribution in [0.2, 0.25) is 0 Å². The summed E-state index contributed by atoms with van der Waals surface area (Å²) in [7, 11) is 1.34. The summed E-state index contributed by atoms with van der Waals surface area (Å²) in [5.41, 5.74) is 0.307. The first-order valence-corrected chi connectivity index (χ1v) is 7.52. The van der Waals surface area contributed by atoms with Crippen LogP contribution in [0.1, 0.15) is 38.7 Å². The van der Waals surface area contributed by atoms with Crippen LogP contribution in [-0.2, 0) is 9.53 Å². The normalized spacial score (nSPS) is 23.4. The summed E-state index contributed by atoms with van der Waals surface area (Å²) in [4.78, 5) is 14.3. The lowest BCUT2D eigenvalue weighted by Crippen LogP contribution is -2.50. The van der Waals surface area contributed by atoms with Crippen molar-refractivity contribution < 1.29 is 18.3 Å². The molecule has 0 aromatic heterocycles. The Bertz CT molecular complexity index is 554. The highest BCUT2D eigenvalue weighted by atomic mass is 19.1. The molecule has 0 radical (unpaired) electrons. The number of hydrogen-bond donors (Lipinski definition) is 0. The minimum atomic E-state index is -0.612. The predicted octanol–water partition coefficient (Wildman–Crippen LogP) is 3.34. The quantitative estimate of drug-likeness (QED) is 0.785. The largest absolute Gasteiger partial charge is 0.469 e. The molecule has 0 aliphatic carbocycles. The van der Waals surface area contributed by atoms with Gasteiger partial charge in [0, 0.05) is 24.1 Å². The maximum Gasteiger partial charge on any atom is 0.309 e. The van der Waals surface area contributed by atoms with Crippen LogP contribution in [-0.4, -0.2) is 36.6 Å². The first-order chi connectivity index (χ1) is 10.2. The monoisotopic (exact) mass is 311 g/mol. The molecule has 1 aromatic rings. The average Bonchev–Trinajstić information content (AvgIpc) is 2.45. The third-order valence-corrected chi connectivity index (χ3v) is 4.43. The molecule has 0 unspecified atom stereocenters. The minimum Gasteiger partial charge on any atom is -0.469 e. The van der Waals surface area contributed by atoms with Crippen molar-refractivity contribution >= 4 is 5.97 Å². The second-order valence-corrected chi connectivity index (χ2v) is 6.81. The van der Waals surface area contributed by atoms with E-state index in [0.717, 1.165) is 12.6 Å². The number of esters is 1. The minimum absolute atomic E-state index is 0.0736. The molecule has 2 rings (SSSR count). The van der Waals surface area contributed by atoms with Crippen LogP contribution in [0.4, 0.5) is 8.78 Å².